The number of esters is 1. The summed E-state index contributed by atoms with van der Waals surface area (Å²) in [4.78, 5) is 20.4. The van der Waals surface area contributed by atoms with Crippen molar-refractivity contribution < 1.29 is 19.4 Å². The first-order chi connectivity index (χ1) is 5.66. The van der Waals surface area contributed by atoms with Crippen molar-refractivity contribution in [1.29, 1.82) is 0 Å². The molecule has 0 unspecified atom stereocenters. The number of hydrogen-bond donors (Lipinski definition) is 2. The minimum absolute atomic E-state index is 0.223. The summed E-state index contributed by atoms with van der Waals surface area (Å²) in [6.07, 6.45) is 2.45. The SMILES string of the molecule is COC(=O)CCN/C=C/C(=O)O. The zero-order valence-corrected chi connectivity index (χ0v) is 6.74. The third kappa shape index (κ3) is 6.60. The lowest BCUT2D eigenvalue weighted by Gasteiger charge is -1.97. The molecule has 0 radical (unpaired) electrons. The lowest BCUT2D eigenvalue weighted by molar-refractivity contribution is -0.140. The van der Waals surface area contributed by atoms with E-state index < -0.39 is 5.97 Å². The standard InChI is InChI=1S/C7H11NO4/c1-12-7(11)3-5-8-4-2-6(9)10/h2,4,8H,3,5H2,1H3,(H,9,10)/b4-2+. The van der Waals surface area contributed by atoms with Crippen molar-refractivity contribution in [3.63, 3.8) is 0 Å². The highest BCUT2D eigenvalue weighted by Crippen LogP contribution is 1.80. The van der Waals surface area contributed by atoms with Crippen LogP contribution in [0.1, 0.15) is 6.42 Å². The number of carboxylic acids is 1. The van der Waals surface area contributed by atoms with Gasteiger partial charge in [0, 0.05) is 18.8 Å². The van der Waals surface area contributed by atoms with E-state index >= 15 is 0 Å². The van der Waals surface area contributed by atoms with E-state index in [1.165, 1.54) is 13.3 Å². The van der Waals surface area contributed by atoms with E-state index in [4.69, 9.17) is 5.11 Å². The number of hydrogen-bond acceptors (Lipinski definition) is 4. The predicted molar refractivity (Wildman–Crippen MR) is 41.4 cm³/mol. The Labute approximate surface area is 70.0 Å². The molecule has 0 saturated carbocycles. The molecule has 0 aliphatic heterocycles. The van der Waals surface area contributed by atoms with Gasteiger partial charge in [-0.05, 0) is 0 Å². The molecule has 0 spiro atoms. The summed E-state index contributed by atoms with van der Waals surface area (Å²) in [5.74, 6) is -1.35. The molecule has 0 saturated heterocycles. The zero-order chi connectivity index (χ0) is 9.40. The van der Waals surface area contributed by atoms with E-state index in [1.54, 1.807) is 0 Å². The van der Waals surface area contributed by atoms with E-state index in [-0.39, 0.29) is 12.4 Å². The molecule has 5 heteroatoms. The molecule has 12 heavy (non-hydrogen) atoms. The highest BCUT2D eigenvalue weighted by atomic mass is 16.5. The zero-order valence-electron chi connectivity index (χ0n) is 6.74. The summed E-state index contributed by atoms with van der Waals surface area (Å²) in [5, 5.41) is 10.8. The smallest absolute Gasteiger partial charge is 0.329 e. The molecule has 0 bridgehead atoms. The van der Waals surface area contributed by atoms with Crippen LogP contribution >= 0.6 is 0 Å². The molecule has 0 aliphatic carbocycles. The van der Waals surface area contributed by atoms with Crippen LogP contribution in [0.3, 0.4) is 0 Å². The van der Waals surface area contributed by atoms with Gasteiger partial charge in [0.05, 0.1) is 13.5 Å². The molecule has 5 nitrogen and oxygen atoms in total. The Hall–Kier alpha value is -1.52. The molecule has 0 aliphatic rings. The fraction of sp³-hybridized carbons (Fsp3) is 0.429. The van der Waals surface area contributed by atoms with Gasteiger partial charge in [0.15, 0.2) is 0 Å². The predicted octanol–water partition coefficient (Wildman–Crippen LogP) is -0.263. The molecule has 0 heterocycles. The summed E-state index contributed by atoms with van der Waals surface area (Å²) in [7, 11) is 1.30. The highest BCUT2D eigenvalue weighted by molar-refractivity contribution is 5.79. The van der Waals surface area contributed by atoms with Crippen molar-refractivity contribution in [2.75, 3.05) is 13.7 Å². The third-order valence-electron chi connectivity index (χ3n) is 1.04. The molecule has 0 aromatic carbocycles. The molecule has 0 atom stereocenters. The van der Waals surface area contributed by atoms with E-state index in [2.05, 4.69) is 10.1 Å². The van der Waals surface area contributed by atoms with Crippen LogP contribution in [0.15, 0.2) is 12.3 Å². The van der Waals surface area contributed by atoms with Crippen molar-refractivity contribution in [3.8, 4) is 0 Å². The lowest BCUT2D eigenvalue weighted by Crippen LogP contribution is -2.13. The Morgan fingerprint density at radius 1 is 1.58 bits per heavy atom. The number of carbonyl (C=O) groups is 2. The number of carboxylic acid groups (broad SMARTS) is 1. The second kappa shape index (κ2) is 6.21. The average Bonchev–Trinajstić information content (AvgIpc) is 2.03. The van der Waals surface area contributed by atoms with Crippen LogP contribution in [-0.2, 0) is 14.3 Å². The maximum absolute atomic E-state index is 10.5. The molecular weight excluding hydrogens is 162 g/mol. The molecule has 0 aromatic heterocycles. The van der Waals surface area contributed by atoms with Gasteiger partial charge < -0.3 is 15.2 Å². The summed E-state index contributed by atoms with van der Waals surface area (Å²) in [6.45, 7) is 0.371. The van der Waals surface area contributed by atoms with Crippen LogP contribution in [0.4, 0.5) is 0 Å². The second-order valence-corrected chi connectivity index (χ2v) is 1.95. The van der Waals surface area contributed by atoms with Gasteiger partial charge in [0.1, 0.15) is 0 Å². The van der Waals surface area contributed by atoms with Crippen molar-refractivity contribution >= 4 is 11.9 Å². The number of ether oxygens (including phenoxy) is 1. The van der Waals surface area contributed by atoms with Crippen LogP contribution in [0.25, 0.3) is 0 Å². The van der Waals surface area contributed by atoms with Crippen molar-refractivity contribution in [3.05, 3.63) is 12.3 Å². The highest BCUT2D eigenvalue weighted by Gasteiger charge is 1.96. The third-order valence-corrected chi connectivity index (χ3v) is 1.04. The van der Waals surface area contributed by atoms with E-state index in [0.717, 1.165) is 6.08 Å². The van der Waals surface area contributed by atoms with Gasteiger partial charge in [0.2, 0.25) is 0 Å². The Kier molecular flexibility index (Phi) is 5.42. The van der Waals surface area contributed by atoms with Crippen LogP contribution in [-0.4, -0.2) is 30.7 Å². The van der Waals surface area contributed by atoms with Gasteiger partial charge in [-0.15, -0.1) is 0 Å². The van der Waals surface area contributed by atoms with Gasteiger partial charge in [-0.2, -0.15) is 0 Å². The second-order valence-electron chi connectivity index (χ2n) is 1.95. The summed E-state index contributed by atoms with van der Waals surface area (Å²) < 4.78 is 4.36. The molecule has 0 amide bonds. The van der Waals surface area contributed by atoms with Crippen LogP contribution in [0, 0.1) is 0 Å². The number of methoxy groups -OCH3 is 1. The fourth-order valence-electron chi connectivity index (χ4n) is 0.490. The fourth-order valence-corrected chi connectivity index (χ4v) is 0.490. The summed E-state index contributed by atoms with van der Waals surface area (Å²) in [5.41, 5.74) is 0. The maximum Gasteiger partial charge on any atom is 0.329 e. The minimum Gasteiger partial charge on any atom is -0.478 e. The van der Waals surface area contributed by atoms with Crippen molar-refractivity contribution in [1.82, 2.24) is 5.32 Å². The van der Waals surface area contributed by atoms with Gasteiger partial charge in [0.25, 0.3) is 0 Å². The van der Waals surface area contributed by atoms with E-state index in [0.29, 0.717) is 6.54 Å². The van der Waals surface area contributed by atoms with Crippen molar-refractivity contribution in [2.45, 2.75) is 6.42 Å². The number of rotatable bonds is 5. The first kappa shape index (κ1) is 10.5. The molecule has 0 fully saturated rings. The van der Waals surface area contributed by atoms with Gasteiger partial charge in [-0.1, -0.05) is 0 Å². The first-order valence-corrected chi connectivity index (χ1v) is 3.36. The molecule has 2 N–H and O–H groups in total. The monoisotopic (exact) mass is 173 g/mol. The number of nitrogens with one attached hydrogen (secondary N) is 1. The Bertz CT molecular complexity index is 188. The largest absolute Gasteiger partial charge is 0.478 e. The number of aliphatic carboxylic acids is 1. The van der Waals surface area contributed by atoms with Gasteiger partial charge in [-0.25, -0.2) is 4.79 Å². The van der Waals surface area contributed by atoms with E-state index in [1.807, 2.05) is 0 Å². The topological polar surface area (TPSA) is 75.6 Å². The Morgan fingerprint density at radius 2 is 2.25 bits per heavy atom. The summed E-state index contributed by atoms with van der Waals surface area (Å²) >= 11 is 0. The number of carbonyl (C=O) groups excluding carboxylic acids is 1. The Morgan fingerprint density at radius 3 is 2.75 bits per heavy atom. The Balaban J connectivity index is 3.33. The van der Waals surface area contributed by atoms with Crippen molar-refractivity contribution in [2.24, 2.45) is 0 Å². The van der Waals surface area contributed by atoms with Crippen LogP contribution in [0.2, 0.25) is 0 Å². The first-order valence-electron chi connectivity index (χ1n) is 3.36. The van der Waals surface area contributed by atoms with Crippen LogP contribution < -0.4 is 5.32 Å². The van der Waals surface area contributed by atoms with Crippen LogP contribution in [0.5, 0.6) is 0 Å². The summed E-state index contributed by atoms with van der Waals surface area (Å²) in [6, 6.07) is 0. The van der Waals surface area contributed by atoms with Gasteiger partial charge in [-0.3, -0.25) is 4.79 Å². The molecule has 0 rings (SSSR count). The quantitative estimate of drug-likeness (QED) is 0.340. The van der Waals surface area contributed by atoms with E-state index in [9.17, 15) is 9.59 Å². The molecule has 0 aromatic rings. The average molecular weight is 173 g/mol. The lowest BCUT2D eigenvalue weighted by atomic mass is 10.4. The molecule has 68 valence electrons. The normalized spacial score (nSPS) is 9.75. The minimum atomic E-state index is -1.03. The maximum atomic E-state index is 10.5. The molecular formula is C7H11NO4. The van der Waals surface area contributed by atoms with Gasteiger partial charge >= 0.3 is 11.9 Å².